The van der Waals surface area contributed by atoms with Crippen molar-refractivity contribution in [3.8, 4) is 5.75 Å². The first-order chi connectivity index (χ1) is 19.7. The topological polar surface area (TPSA) is 95.9 Å². The Morgan fingerprint density at radius 2 is 1.85 bits per heavy atom. The van der Waals surface area contributed by atoms with Crippen LogP contribution in [0.15, 0.2) is 36.4 Å². The summed E-state index contributed by atoms with van der Waals surface area (Å²) in [4.78, 5) is 15.6. The normalized spacial score (nSPS) is 29.0. The summed E-state index contributed by atoms with van der Waals surface area (Å²) in [6.45, 7) is 5.74. The van der Waals surface area contributed by atoms with Gasteiger partial charge in [-0.25, -0.2) is 13.1 Å². The number of hydrogen-bond acceptors (Lipinski definition) is 6. The molecule has 3 aliphatic rings. The minimum Gasteiger partial charge on any atom is -0.487 e. The Bertz CT molecular complexity index is 1350. The van der Waals surface area contributed by atoms with E-state index in [1.807, 2.05) is 25.1 Å². The summed E-state index contributed by atoms with van der Waals surface area (Å²) < 4.78 is 35.1. The SMILES string of the molecule is CC1CCC[C@@H](CO)C2CCC2CN2CCCCc3cc(Cl)ccc3COc3ccc(cc32)C(=O)NS(=O)(=O)[C@@H]1C. The number of nitrogens with one attached hydrogen (secondary N) is 1. The minimum absolute atomic E-state index is 0.112. The molecule has 0 spiro atoms. The summed E-state index contributed by atoms with van der Waals surface area (Å²) in [7, 11) is -3.87. The van der Waals surface area contributed by atoms with Gasteiger partial charge in [0.2, 0.25) is 10.0 Å². The molecule has 0 aromatic heterocycles. The van der Waals surface area contributed by atoms with Crippen molar-refractivity contribution >= 4 is 33.2 Å². The summed E-state index contributed by atoms with van der Waals surface area (Å²) >= 11 is 6.31. The summed E-state index contributed by atoms with van der Waals surface area (Å²) in [5, 5.41) is 10.3. The molecule has 1 aliphatic carbocycles. The van der Waals surface area contributed by atoms with Gasteiger partial charge in [-0.1, -0.05) is 31.0 Å². The highest BCUT2D eigenvalue weighted by Gasteiger charge is 2.38. The zero-order valence-electron chi connectivity index (χ0n) is 24.1. The number of anilines is 1. The molecule has 7 nitrogen and oxygen atoms in total. The molecule has 2 bridgehead atoms. The van der Waals surface area contributed by atoms with E-state index >= 15 is 0 Å². The predicted molar refractivity (Wildman–Crippen MR) is 163 cm³/mol. The highest BCUT2D eigenvalue weighted by molar-refractivity contribution is 7.90. The number of rotatable bonds is 1. The second kappa shape index (κ2) is 12.9. The maximum absolute atomic E-state index is 13.3. The molecule has 2 aromatic carbocycles. The first-order valence-corrected chi connectivity index (χ1v) is 17.0. The zero-order valence-corrected chi connectivity index (χ0v) is 25.7. The fraction of sp³-hybridized carbons (Fsp3) is 0.594. The summed E-state index contributed by atoms with van der Waals surface area (Å²) in [6, 6.07) is 11.2. The lowest BCUT2D eigenvalue weighted by Gasteiger charge is -2.44. The monoisotopic (exact) mass is 602 g/mol. The lowest BCUT2D eigenvalue weighted by Crippen LogP contribution is -2.43. The molecule has 2 aromatic rings. The Balaban J connectivity index is 1.53. The van der Waals surface area contributed by atoms with Gasteiger partial charge in [0.25, 0.3) is 5.91 Å². The fourth-order valence-corrected chi connectivity index (χ4v) is 8.27. The first-order valence-electron chi connectivity index (χ1n) is 15.1. The fourth-order valence-electron chi connectivity index (χ4n) is 6.77. The average molecular weight is 603 g/mol. The van der Waals surface area contributed by atoms with Gasteiger partial charge in [0.1, 0.15) is 12.4 Å². The Morgan fingerprint density at radius 1 is 1.02 bits per heavy atom. The number of ether oxygens (including phenoxy) is 1. The molecule has 5 atom stereocenters. The van der Waals surface area contributed by atoms with E-state index in [1.54, 1.807) is 25.1 Å². The molecule has 0 radical (unpaired) electrons. The van der Waals surface area contributed by atoms with E-state index < -0.39 is 21.2 Å². The van der Waals surface area contributed by atoms with E-state index in [1.165, 1.54) is 5.56 Å². The van der Waals surface area contributed by atoms with Crippen molar-refractivity contribution in [3.05, 3.63) is 58.1 Å². The Kier molecular flexibility index (Phi) is 9.51. The molecule has 224 valence electrons. The van der Waals surface area contributed by atoms with Crippen molar-refractivity contribution in [1.29, 1.82) is 0 Å². The smallest absolute Gasteiger partial charge is 0.264 e. The average Bonchev–Trinajstić information content (AvgIpc) is 2.96. The number of halogens is 1. The highest BCUT2D eigenvalue weighted by atomic mass is 35.5. The van der Waals surface area contributed by atoms with E-state index in [9.17, 15) is 18.3 Å². The van der Waals surface area contributed by atoms with Crippen LogP contribution in [0.1, 0.15) is 80.3 Å². The number of aryl methyl sites for hydroxylation is 1. The summed E-state index contributed by atoms with van der Waals surface area (Å²) in [5.41, 5.74) is 3.39. The molecule has 0 saturated heterocycles. The van der Waals surface area contributed by atoms with Crippen LogP contribution in [0.3, 0.4) is 0 Å². The molecular formula is C32H43ClN2O5S. The molecular weight excluding hydrogens is 560 g/mol. The van der Waals surface area contributed by atoms with Gasteiger partial charge in [-0.15, -0.1) is 0 Å². The van der Waals surface area contributed by atoms with E-state index in [-0.39, 0.29) is 18.4 Å². The number of amides is 1. The van der Waals surface area contributed by atoms with Crippen LogP contribution in [-0.4, -0.2) is 44.4 Å². The third kappa shape index (κ3) is 6.86. The number of carbonyl (C=O) groups is 1. The molecule has 2 heterocycles. The molecule has 1 fully saturated rings. The molecule has 3 unspecified atom stereocenters. The van der Waals surface area contributed by atoms with Crippen LogP contribution in [0, 0.1) is 23.7 Å². The van der Waals surface area contributed by atoms with E-state index in [2.05, 4.69) is 9.62 Å². The Morgan fingerprint density at radius 3 is 2.61 bits per heavy atom. The van der Waals surface area contributed by atoms with Gasteiger partial charge < -0.3 is 14.7 Å². The standard InChI is InChI=1S/C32H43ClN2O5S/c1-21-6-5-8-26(19-36)29-13-10-25(29)18-35-15-4-3-7-23-16-28(33)12-9-27(23)20-40-31-14-11-24(17-30(31)35)32(37)34-41(38,39)22(21)2/h9,11-12,14,16-17,21-22,25-26,29,36H,3-8,10,13,15,18-20H2,1-2H3,(H,34,37)/t21?,22-,25?,26+,29?/m1/s1. The Labute approximate surface area is 249 Å². The van der Waals surface area contributed by atoms with Gasteiger partial charge in [0.05, 0.1) is 10.9 Å². The van der Waals surface area contributed by atoms with Gasteiger partial charge in [-0.2, -0.15) is 0 Å². The van der Waals surface area contributed by atoms with Gasteiger partial charge in [-0.3, -0.25) is 4.79 Å². The van der Waals surface area contributed by atoms with E-state index in [0.29, 0.717) is 34.8 Å². The van der Waals surface area contributed by atoms with Crippen LogP contribution >= 0.6 is 11.6 Å². The number of benzene rings is 2. The van der Waals surface area contributed by atoms with Crippen LogP contribution in [0.4, 0.5) is 5.69 Å². The number of fused-ring (bicyclic) bond motifs is 3. The molecule has 9 heteroatoms. The molecule has 1 saturated carbocycles. The molecule has 1 amide bonds. The van der Waals surface area contributed by atoms with E-state index in [4.69, 9.17) is 16.3 Å². The molecule has 41 heavy (non-hydrogen) atoms. The van der Waals surface area contributed by atoms with Gasteiger partial charge in [-0.05, 0) is 117 Å². The first kappa shape index (κ1) is 30.2. The van der Waals surface area contributed by atoms with Crippen LogP contribution in [0.25, 0.3) is 0 Å². The number of sulfonamides is 1. The lowest BCUT2D eigenvalue weighted by molar-refractivity contribution is 0.0575. The zero-order chi connectivity index (χ0) is 29.1. The minimum atomic E-state index is -3.87. The van der Waals surface area contributed by atoms with Crippen molar-refractivity contribution in [2.24, 2.45) is 23.7 Å². The van der Waals surface area contributed by atoms with Gasteiger partial charge in [0.15, 0.2) is 0 Å². The number of aliphatic hydroxyl groups excluding tert-OH is 1. The van der Waals surface area contributed by atoms with Crippen molar-refractivity contribution < 1.29 is 23.1 Å². The van der Waals surface area contributed by atoms with Crippen molar-refractivity contribution in [2.75, 3.05) is 24.6 Å². The third-order valence-electron chi connectivity index (χ3n) is 9.77. The number of hydrogen-bond donors (Lipinski definition) is 2. The number of nitrogens with zero attached hydrogens (tertiary/aromatic N) is 1. The third-order valence-corrected chi connectivity index (χ3v) is 11.9. The summed E-state index contributed by atoms with van der Waals surface area (Å²) in [6.07, 6.45) is 7.54. The largest absolute Gasteiger partial charge is 0.487 e. The van der Waals surface area contributed by atoms with Crippen LogP contribution in [0.5, 0.6) is 5.75 Å². The maximum Gasteiger partial charge on any atom is 0.264 e. The maximum atomic E-state index is 13.3. The van der Waals surface area contributed by atoms with Crippen LogP contribution < -0.4 is 14.4 Å². The molecule has 2 N–H and O–H groups in total. The number of aliphatic hydroxyl groups is 1. The lowest BCUT2D eigenvalue weighted by atomic mass is 9.65. The van der Waals surface area contributed by atoms with Gasteiger partial charge in [0, 0.05) is 30.3 Å². The second-order valence-corrected chi connectivity index (χ2v) is 14.8. The van der Waals surface area contributed by atoms with Crippen LogP contribution in [-0.2, 0) is 23.1 Å². The van der Waals surface area contributed by atoms with Gasteiger partial charge >= 0.3 is 0 Å². The molecule has 2 aliphatic heterocycles. The van der Waals surface area contributed by atoms with Crippen LogP contribution in [0.2, 0.25) is 5.02 Å². The quantitative estimate of drug-likeness (QED) is 0.418. The molecule has 5 rings (SSSR count). The Hall–Kier alpha value is -2.29. The van der Waals surface area contributed by atoms with E-state index in [0.717, 1.165) is 75.7 Å². The predicted octanol–water partition coefficient (Wildman–Crippen LogP) is 5.96. The summed E-state index contributed by atoms with van der Waals surface area (Å²) in [5.74, 6) is 1.04. The van der Waals surface area contributed by atoms with Crippen molar-refractivity contribution in [2.45, 2.75) is 77.1 Å². The van der Waals surface area contributed by atoms with Crippen molar-refractivity contribution in [3.63, 3.8) is 0 Å². The second-order valence-electron chi connectivity index (χ2n) is 12.3. The van der Waals surface area contributed by atoms with Crippen molar-refractivity contribution in [1.82, 2.24) is 4.72 Å². The highest BCUT2D eigenvalue weighted by Crippen LogP contribution is 2.44. The number of carbonyl (C=O) groups excluding carboxylic acids is 1.